The molecule has 3 heteroatoms. The van der Waals surface area contributed by atoms with Crippen molar-refractivity contribution in [2.24, 2.45) is 0 Å². The van der Waals surface area contributed by atoms with Gasteiger partial charge in [-0.3, -0.25) is 0 Å². The van der Waals surface area contributed by atoms with Crippen molar-refractivity contribution in [2.45, 2.75) is 0 Å². The molecule has 0 N–H and O–H groups in total. The molecule has 130 valence electrons. The molecule has 4 aromatic carbocycles. The number of fused-ring (bicyclic) bond motifs is 3. The summed E-state index contributed by atoms with van der Waals surface area (Å²) >= 11 is 8.17. The molecule has 0 aliphatic rings. The summed E-state index contributed by atoms with van der Waals surface area (Å²) in [5.41, 5.74) is 3.33. The van der Waals surface area contributed by atoms with Crippen molar-refractivity contribution in [3.05, 3.63) is 102 Å². The Bertz CT molecular complexity index is 1240. The van der Waals surface area contributed by atoms with Crippen LogP contribution < -0.4 is 4.90 Å². The normalized spacial score (nSPS) is 11.1. The fourth-order valence-electron chi connectivity index (χ4n) is 3.56. The van der Waals surface area contributed by atoms with Crippen LogP contribution >= 0.6 is 22.9 Å². The summed E-state index contributed by atoms with van der Waals surface area (Å²) in [6, 6.07) is 33.6. The molecule has 0 saturated carbocycles. The van der Waals surface area contributed by atoms with Crippen molar-refractivity contribution >= 4 is 60.2 Å². The standard InChI is InChI=1S/C24H16ClNS/c25-17-8-6-11-19(16-17)26(18-9-2-1-3-10-18)21-13-7-15-23-24(21)20-12-4-5-14-22(20)27-23/h1-16H. The first-order chi connectivity index (χ1) is 13.3. The fourth-order valence-corrected chi connectivity index (χ4v) is 4.87. The van der Waals surface area contributed by atoms with E-state index < -0.39 is 0 Å². The largest absolute Gasteiger partial charge is 0.310 e. The summed E-state index contributed by atoms with van der Waals surface area (Å²) in [5, 5.41) is 3.30. The number of para-hydroxylation sites is 1. The van der Waals surface area contributed by atoms with Gasteiger partial charge in [-0.2, -0.15) is 0 Å². The summed E-state index contributed by atoms with van der Waals surface area (Å²) in [4.78, 5) is 2.29. The van der Waals surface area contributed by atoms with Crippen LogP contribution in [0.3, 0.4) is 0 Å². The van der Waals surface area contributed by atoms with E-state index in [0.717, 1.165) is 16.4 Å². The molecular formula is C24H16ClNS. The van der Waals surface area contributed by atoms with E-state index in [4.69, 9.17) is 11.6 Å². The number of rotatable bonds is 3. The van der Waals surface area contributed by atoms with Gasteiger partial charge in [0.05, 0.1) is 5.69 Å². The third-order valence-electron chi connectivity index (χ3n) is 4.70. The van der Waals surface area contributed by atoms with Crippen molar-refractivity contribution in [1.82, 2.24) is 0 Å². The molecule has 0 atom stereocenters. The third kappa shape index (κ3) is 2.87. The molecule has 1 heterocycles. The van der Waals surface area contributed by atoms with Gasteiger partial charge in [-0.25, -0.2) is 0 Å². The highest BCUT2D eigenvalue weighted by molar-refractivity contribution is 7.26. The Kier molecular flexibility index (Phi) is 4.08. The van der Waals surface area contributed by atoms with E-state index in [1.54, 1.807) is 0 Å². The Morgan fingerprint density at radius 1 is 0.630 bits per heavy atom. The molecule has 27 heavy (non-hydrogen) atoms. The second kappa shape index (κ2) is 6.73. The highest BCUT2D eigenvalue weighted by atomic mass is 35.5. The Balaban J connectivity index is 1.85. The fraction of sp³-hybridized carbons (Fsp3) is 0. The van der Waals surface area contributed by atoms with Crippen LogP contribution in [-0.4, -0.2) is 0 Å². The number of halogens is 1. The van der Waals surface area contributed by atoms with Crippen LogP contribution in [0.2, 0.25) is 5.02 Å². The average molecular weight is 386 g/mol. The van der Waals surface area contributed by atoms with Gasteiger partial charge in [-0.05, 0) is 48.5 Å². The van der Waals surface area contributed by atoms with E-state index in [2.05, 4.69) is 77.7 Å². The van der Waals surface area contributed by atoms with Crippen molar-refractivity contribution in [3.63, 3.8) is 0 Å². The van der Waals surface area contributed by atoms with Gasteiger partial charge in [-0.15, -0.1) is 11.3 Å². The van der Waals surface area contributed by atoms with E-state index in [0.29, 0.717) is 0 Å². The van der Waals surface area contributed by atoms with E-state index in [9.17, 15) is 0 Å². The quantitative estimate of drug-likeness (QED) is 0.302. The SMILES string of the molecule is Clc1cccc(N(c2ccccc2)c2cccc3sc4ccccc4c23)c1. The minimum absolute atomic E-state index is 0.732. The molecule has 0 spiro atoms. The van der Waals surface area contributed by atoms with Gasteiger partial charge in [0.25, 0.3) is 0 Å². The van der Waals surface area contributed by atoms with Gasteiger partial charge in [0.1, 0.15) is 0 Å². The lowest BCUT2D eigenvalue weighted by Gasteiger charge is -2.26. The van der Waals surface area contributed by atoms with Crippen LogP contribution in [0.1, 0.15) is 0 Å². The first-order valence-corrected chi connectivity index (χ1v) is 10.0. The van der Waals surface area contributed by atoms with Crippen LogP contribution in [-0.2, 0) is 0 Å². The maximum Gasteiger partial charge on any atom is 0.0554 e. The van der Waals surface area contributed by atoms with E-state index in [-0.39, 0.29) is 0 Å². The Morgan fingerprint density at radius 2 is 1.33 bits per heavy atom. The molecular weight excluding hydrogens is 370 g/mol. The Hall–Kier alpha value is -2.81. The maximum absolute atomic E-state index is 6.33. The van der Waals surface area contributed by atoms with Crippen LogP contribution in [0.15, 0.2) is 97.1 Å². The van der Waals surface area contributed by atoms with Crippen LogP contribution in [0.4, 0.5) is 17.1 Å². The number of thiophene rings is 1. The lowest BCUT2D eigenvalue weighted by atomic mass is 10.1. The van der Waals surface area contributed by atoms with Crippen molar-refractivity contribution in [2.75, 3.05) is 4.90 Å². The maximum atomic E-state index is 6.33. The van der Waals surface area contributed by atoms with Gasteiger partial charge < -0.3 is 4.90 Å². The lowest BCUT2D eigenvalue weighted by molar-refractivity contribution is 1.30. The molecule has 0 amide bonds. The Labute approximate surface area is 167 Å². The first kappa shape index (κ1) is 16.4. The van der Waals surface area contributed by atoms with E-state index in [1.807, 2.05) is 35.6 Å². The Morgan fingerprint density at radius 3 is 2.19 bits per heavy atom. The molecule has 0 bridgehead atoms. The van der Waals surface area contributed by atoms with Gasteiger partial charge in [0.15, 0.2) is 0 Å². The molecule has 0 fully saturated rings. The zero-order valence-corrected chi connectivity index (χ0v) is 16.0. The van der Waals surface area contributed by atoms with Gasteiger partial charge in [0, 0.05) is 36.6 Å². The summed E-state index contributed by atoms with van der Waals surface area (Å²) in [7, 11) is 0. The van der Waals surface area contributed by atoms with E-state index in [1.165, 1.54) is 25.9 Å². The van der Waals surface area contributed by atoms with Crippen molar-refractivity contribution in [1.29, 1.82) is 0 Å². The minimum Gasteiger partial charge on any atom is -0.310 e. The molecule has 5 rings (SSSR count). The molecule has 0 aliphatic heterocycles. The average Bonchev–Trinajstić information content (AvgIpc) is 3.09. The molecule has 0 unspecified atom stereocenters. The lowest BCUT2D eigenvalue weighted by Crippen LogP contribution is -2.10. The summed E-state index contributed by atoms with van der Waals surface area (Å²) in [6.07, 6.45) is 0. The van der Waals surface area contributed by atoms with Gasteiger partial charge in [-0.1, -0.05) is 60.1 Å². The number of hydrogen-bond donors (Lipinski definition) is 0. The highest BCUT2D eigenvalue weighted by Gasteiger charge is 2.17. The smallest absolute Gasteiger partial charge is 0.0554 e. The second-order valence-corrected chi connectivity index (χ2v) is 7.92. The van der Waals surface area contributed by atoms with Crippen LogP contribution in [0.25, 0.3) is 20.2 Å². The van der Waals surface area contributed by atoms with Crippen molar-refractivity contribution < 1.29 is 0 Å². The molecule has 1 aromatic heterocycles. The summed E-state index contributed by atoms with van der Waals surface area (Å²) < 4.78 is 2.59. The first-order valence-electron chi connectivity index (χ1n) is 8.82. The predicted octanol–water partition coefficient (Wildman–Crippen LogP) is 8.18. The summed E-state index contributed by atoms with van der Waals surface area (Å²) in [5.74, 6) is 0. The molecule has 1 nitrogen and oxygen atoms in total. The third-order valence-corrected chi connectivity index (χ3v) is 6.07. The molecule has 0 aliphatic carbocycles. The molecule has 0 radical (unpaired) electrons. The highest BCUT2D eigenvalue weighted by Crippen LogP contribution is 2.44. The monoisotopic (exact) mass is 385 g/mol. The second-order valence-electron chi connectivity index (χ2n) is 6.40. The topological polar surface area (TPSA) is 3.24 Å². The van der Waals surface area contributed by atoms with Crippen LogP contribution in [0.5, 0.6) is 0 Å². The summed E-state index contributed by atoms with van der Waals surface area (Å²) in [6.45, 7) is 0. The van der Waals surface area contributed by atoms with Crippen LogP contribution in [0, 0.1) is 0 Å². The minimum atomic E-state index is 0.732. The zero-order chi connectivity index (χ0) is 18.2. The van der Waals surface area contributed by atoms with Gasteiger partial charge >= 0.3 is 0 Å². The van der Waals surface area contributed by atoms with E-state index >= 15 is 0 Å². The zero-order valence-electron chi connectivity index (χ0n) is 14.5. The number of nitrogens with zero attached hydrogens (tertiary/aromatic N) is 1. The number of hydrogen-bond acceptors (Lipinski definition) is 2. The predicted molar refractivity (Wildman–Crippen MR) is 119 cm³/mol. The van der Waals surface area contributed by atoms with Crippen molar-refractivity contribution in [3.8, 4) is 0 Å². The number of benzene rings is 4. The molecule has 5 aromatic rings. The number of anilines is 3. The van der Waals surface area contributed by atoms with Gasteiger partial charge in [0.2, 0.25) is 0 Å². The molecule has 0 saturated heterocycles.